The lowest BCUT2D eigenvalue weighted by Crippen LogP contribution is -2.43. The highest BCUT2D eigenvalue weighted by atomic mass is 16.5. The monoisotopic (exact) mass is 433 g/mol. The summed E-state index contributed by atoms with van der Waals surface area (Å²) >= 11 is 0. The number of aromatic nitrogens is 1. The summed E-state index contributed by atoms with van der Waals surface area (Å²) < 4.78 is 11.3. The summed E-state index contributed by atoms with van der Waals surface area (Å²) in [7, 11) is 0. The molecule has 0 fully saturated rings. The number of fused-ring (bicyclic) bond motifs is 1. The molecule has 32 heavy (non-hydrogen) atoms. The van der Waals surface area contributed by atoms with Crippen LogP contribution in [0.3, 0.4) is 0 Å². The molecule has 1 aliphatic heterocycles. The lowest BCUT2D eigenvalue weighted by Gasteiger charge is -2.29. The van der Waals surface area contributed by atoms with Crippen LogP contribution in [0.15, 0.2) is 59.1 Å². The molecule has 0 saturated carbocycles. The minimum absolute atomic E-state index is 0.0257. The van der Waals surface area contributed by atoms with Crippen molar-refractivity contribution in [2.45, 2.75) is 27.7 Å². The number of carbonyl (C=O) groups excluding carboxylic acids is 2. The Morgan fingerprint density at radius 2 is 1.91 bits per heavy atom. The molecular formula is C25H27N3O4. The number of ether oxygens (including phenoxy) is 1. The third kappa shape index (κ3) is 4.37. The highest BCUT2D eigenvalue weighted by Gasteiger charge is 2.38. The molecule has 2 aromatic carbocycles. The van der Waals surface area contributed by atoms with E-state index >= 15 is 0 Å². The average Bonchev–Trinajstić information content (AvgIpc) is 3.24. The van der Waals surface area contributed by atoms with Gasteiger partial charge in [0.15, 0.2) is 11.5 Å². The fraction of sp³-hybridized carbons (Fsp3) is 0.320. The summed E-state index contributed by atoms with van der Waals surface area (Å²) in [5, 5.41) is 6.73. The van der Waals surface area contributed by atoms with Gasteiger partial charge in [-0.2, -0.15) is 0 Å². The first-order chi connectivity index (χ1) is 15.2. The summed E-state index contributed by atoms with van der Waals surface area (Å²) in [6.07, 6.45) is 0. The molecule has 0 bridgehead atoms. The fourth-order valence-corrected chi connectivity index (χ4v) is 3.59. The highest BCUT2D eigenvalue weighted by Crippen LogP contribution is 2.38. The van der Waals surface area contributed by atoms with E-state index in [2.05, 4.69) is 24.3 Å². The van der Waals surface area contributed by atoms with Gasteiger partial charge in [0.1, 0.15) is 12.4 Å². The van der Waals surface area contributed by atoms with E-state index in [1.165, 1.54) is 0 Å². The molecule has 1 N–H and O–H groups in total. The second-order valence-corrected chi connectivity index (χ2v) is 9.06. The van der Waals surface area contributed by atoms with Crippen LogP contribution < -0.4 is 15.0 Å². The Morgan fingerprint density at radius 1 is 1.16 bits per heavy atom. The maximum atomic E-state index is 13.1. The number of rotatable bonds is 5. The molecule has 166 valence electrons. The molecule has 0 spiro atoms. The number of nitrogens with one attached hydrogen (secondary N) is 1. The van der Waals surface area contributed by atoms with Crippen LogP contribution in [0.25, 0.3) is 11.3 Å². The van der Waals surface area contributed by atoms with Crippen molar-refractivity contribution in [2.24, 2.45) is 11.3 Å². The summed E-state index contributed by atoms with van der Waals surface area (Å²) in [5.41, 5.74) is 1.63. The zero-order chi connectivity index (χ0) is 22.9. The Kier molecular flexibility index (Phi) is 5.74. The van der Waals surface area contributed by atoms with E-state index in [0.29, 0.717) is 35.3 Å². The van der Waals surface area contributed by atoms with Crippen LogP contribution in [0.4, 0.5) is 11.4 Å². The molecule has 3 aromatic rings. The van der Waals surface area contributed by atoms with Gasteiger partial charge < -0.3 is 19.5 Å². The third-order valence-electron chi connectivity index (χ3n) is 5.27. The van der Waals surface area contributed by atoms with Crippen LogP contribution in [-0.4, -0.2) is 30.1 Å². The predicted molar refractivity (Wildman–Crippen MR) is 123 cm³/mol. The van der Waals surface area contributed by atoms with Crippen molar-refractivity contribution in [1.29, 1.82) is 0 Å². The second kappa shape index (κ2) is 8.49. The summed E-state index contributed by atoms with van der Waals surface area (Å²) in [4.78, 5) is 27.6. The second-order valence-electron chi connectivity index (χ2n) is 9.06. The third-order valence-corrected chi connectivity index (χ3v) is 5.27. The molecule has 0 atom stereocenters. The van der Waals surface area contributed by atoms with Crippen molar-refractivity contribution >= 4 is 23.2 Å². The highest BCUT2D eigenvalue weighted by molar-refractivity contribution is 6.04. The Hall–Kier alpha value is -3.61. The van der Waals surface area contributed by atoms with Crippen molar-refractivity contribution in [2.75, 3.05) is 23.4 Å². The first-order valence-electron chi connectivity index (χ1n) is 10.7. The minimum atomic E-state index is -0.647. The van der Waals surface area contributed by atoms with Crippen LogP contribution in [-0.2, 0) is 4.79 Å². The van der Waals surface area contributed by atoms with Crippen LogP contribution in [0.1, 0.15) is 38.2 Å². The predicted octanol–water partition coefficient (Wildman–Crippen LogP) is 5.00. The summed E-state index contributed by atoms with van der Waals surface area (Å²) in [6.45, 7) is 8.75. The average molecular weight is 434 g/mol. The van der Waals surface area contributed by atoms with Crippen molar-refractivity contribution in [3.63, 3.8) is 0 Å². The number of nitrogens with zero attached hydrogens (tertiary/aromatic N) is 2. The van der Waals surface area contributed by atoms with Gasteiger partial charge in [-0.1, -0.05) is 49.3 Å². The normalized spacial score (nSPS) is 15.2. The van der Waals surface area contributed by atoms with Crippen molar-refractivity contribution in [3.8, 4) is 17.1 Å². The van der Waals surface area contributed by atoms with Gasteiger partial charge in [-0.25, -0.2) is 0 Å². The van der Waals surface area contributed by atoms with Gasteiger partial charge in [-0.3, -0.25) is 9.59 Å². The smallest absolute Gasteiger partial charge is 0.277 e. The molecule has 2 amide bonds. The van der Waals surface area contributed by atoms with Gasteiger partial charge >= 0.3 is 0 Å². The van der Waals surface area contributed by atoms with Crippen LogP contribution in [0.5, 0.6) is 5.75 Å². The van der Waals surface area contributed by atoms with Crippen LogP contribution in [0.2, 0.25) is 0 Å². The molecule has 7 heteroatoms. The molecule has 2 heterocycles. The van der Waals surface area contributed by atoms with E-state index in [9.17, 15) is 9.59 Å². The molecule has 0 unspecified atom stereocenters. The molecular weight excluding hydrogens is 406 g/mol. The molecule has 1 aromatic heterocycles. The van der Waals surface area contributed by atoms with Crippen molar-refractivity contribution < 1.29 is 18.8 Å². The zero-order valence-electron chi connectivity index (χ0n) is 18.7. The van der Waals surface area contributed by atoms with Gasteiger partial charge in [-0.15, -0.1) is 0 Å². The lowest BCUT2D eigenvalue weighted by molar-refractivity contribution is -0.127. The van der Waals surface area contributed by atoms with Crippen LogP contribution in [0, 0.1) is 11.3 Å². The molecule has 0 saturated heterocycles. The van der Waals surface area contributed by atoms with E-state index in [4.69, 9.17) is 9.26 Å². The van der Waals surface area contributed by atoms with Crippen LogP contribution >= 0.6 is 0 Å². The molecule has 0 radical (unpaired) electrons. The van der Waals surface area contributed by atoms with Gasteiger partial charge in [0.2, 0.25) is 5.91 Å². The van der Waals surface area contributed by atoms with Gasteiger partial charge in [0.25, 0.3) is 5.91 Å². The largest absolute Gasteiger partial charge is 0.490 e. The first-order valence-corrected chi connectivity index (χ1v) is 10.7. The topological polar surface area (TPSA) is 84.7 Å². The number of carbonyl (C=O) groups is 2. The number of anilines is 2. The Balaban J connectivity index is 1.57. The number of amides is 2. The van der Waals surface area contributed by atoms with Gasteiger partial charge in [0.05, 0.1) is 11.1 Å². The number of hydrogen-bond acceptors (Lipinski definition) is 5. The lowest BCUT2D eigenvalue weighted by atomic mass is 9.92. The standard InChI is InChI=1S/C25H27N3O4/c1-16(2)14-28-20-11-10-18(12-22(20)31-15-25(3,4)24(28)30)26-23(29)19-13-21(32-27-19)17-8-6-5-7-9-17/h5-13,16H,14-15H2,1-4H3,(H,26,29). The summed E-state index contributed by atoms with van der Waals surface area (Å²) in [5.74, 6) is 1.02. The summed E-state index contributed by atoms with van der Waals surface area (Å²) in [6, 6.07) is 16.4. The maximum absolute atomic E-state index is 13.1. The van der Waals surface area contributed by atoms with Gasteiger partial charge in [-0.05, 0) is 31.9 Å². The number of hydrogen-bond donors (Lipinski definition) is 1. The molecule has 7 nitrogen and oxygen atoms in total. The first kappa shape index (κ1) is 21.6. The van der Waals surface area contributed by atoms with E-state index < -0.39 is 5.41 Å². The SMILES string of the molecule is CC(C)CN1C(=O)C(C)(C)COc2cc(NC(=O)c3cc(-c4ccccc4)on3)ccc21. The fourth-order valence-electron chi connectivity index (χ4n) is 3.59. The Morgan fingerprint density at radius 3 is 2.62 bits per heavy atom. The van der Waals surface area contributed by atoms with Crippen molar-refractivity contribution in [3.05, 3.63) is 60.3 Å². The Bertz CT molecular complexity index is 1140. The van der Waals surface area contributed by atoms with Gasteiger partial charge in [0, 0.05) is 29.9 Å². The Labute approximate surface area is 187 Å². The minimum Gasteiger partial charge on any atom is -0.490 e. The van der Waals surface area contributed by atoms with E-state index in [-0.39, 0.29) is 24.1 Å². The number of benzene rings is 2. The van der Waals surface area contributed by atoms with E-state index in [1.807, 2.05) is 50.2 Å². The molecule has 0 aliphatic carbocycles. The quantitative estimate of drug-likeness (QED) is 0.612. The zero-order valence-corrected chi connectivity index (χ0v) is 18.7. The van der Waals surface area contributed by atoms with Crippen molar-refractivity contribution in [1.82, 2.24) is 5.16 Å². The maximum Gasteiger partial charge on any atom is 0.277 e. The molecule has 1 aliphatic rings. The van der Waals surface area contributed by atoms with E-state index in [1.54, 1.807) is 23.1 Å². The van der Waals surface area contributed by atoms with E-state index in [0.717, 1.165) is 5.56 Å². The molecule has 4 rings (SSSR count).